The number of ether oxygens (including phenoxy) is 2. The van der Waals surface area contributed by atoms with Gasteiger partial charge in [-0.15, -0.1) is 5.10 Å². The van der Waals surface area contributed by atoms with E-state index in [2.05, 4.69) is 61.2 Å². The number of hydrogen-bond acceptors (Lipinski definition) is 8. The molecule has 4 aromatic heterocycles. The van der Waals surface area contributed by atoms with Crippen LogP contribution >= 0.6 is 0 Å². The maximum atomic E-state index is 15.2. The van der Waals surface area contributed by atoms with Crippen molar-refractivity contribution in [2.75, 3.05) is 19.7 Å². The average Bonchev–Trinajstić information content (AvgIpc) is 3.56. The summed E-state index contributed by atoms with van der Waals surface area (Å²) in [4.78, 5) is 18.7. The van der Waals surface area contributed by atoms with Gasteiger partial charge < -0.3 is 18.8 Å². The molecule has 1 aliphatic rings. The van der Waals surface area contributed by atoms with Crippen LogP contribution in [0.4, 0.5) is 13.6 Å². The second kappa shape index (κ2) is 13.2. The maximum absolute atomic E-state index is 15.2. The second-order valence-corrected chi connectivity index (χ2v) is 20.0. The third-order valence-corrected chi connectivity index (χ3v) is 13.8. The first-order chi connectivity index (χ1) is 22.3. The Balaban J connectivity index is 1.45. The van der Waals surface area contributed by atoms with Gasteiger partial charge in [0.15, 0.2) is 20.2 Å². The van der Waals surface area contributed by atoms with E-state index in [-0.39, 0.29) is 41.0 Å². The highest BCUT2D eigenvalue weighted by Gasteiger charge is 2.38. The van der Waals surface area contributed by atoms with Gasteiger partial charge in [0, 0.05) is 24.8 Å². The van der Waals surface area contributed by atoms with E-state index in [1.165, 1.54) is 10.6 Å². The summed E-state index contributed by atoms with van der Waals surface area (Å²) in [6.07, 6.45) is 3.55. The number of piperidine rings is 1. The van der Waals surface area contributed by atoms with E-state index in [1.807, 2.05) is 32.4 Å². The van der Waals surface area contributed by atoms with Crippen molar-refractivity contribution >= 4 is 19.9 Å². The van der Waals surface area contributed by atoms with Gasteiger partial charge in [-0.1, -0.05) is 32.9 Å². The molecule has 1 aliphatic heterocycles. The molecule has 1 amide bonds. The van der Waals surface area contributed by atoms with Crippen LogP contribution in [0.15, 0.2) is 36.8 Å². The predicted octanol–water partition coefficient (Wildman–Crippen LogP) is 7.53. The summed E-state index contributed by atoms with van der Waals surface area (Å²) >= 11 is 0. The molecular formula is C34H47F2N7O4Si. The summed E-state index contributed by atoms with van der Waals surface area (Å²) in [6.45, 7) is 21.5. The zero-order chi connectivity index (χ0) is 35.2. The summed E-state index contributed by atoms with van der Waals surface area (Å²) in [6, 6.07) is 4.59. The number of aromatic nitrogens is 6. The molecule has 0 bridgehead atoms. The lowest BCUT2D eigenvalue weighted by atomic mass is 9.94. The molecule has 0 radical (unpaired) electrons. The molecule has 0 aliphatic carbocycles. The van der Waals surface area contributed by atoms with Crippen molar-refractivity contribution in [1.82, 2.24) is 34.5 Å². The van der Waals surface area contributed by atoms with E-state index in [0.717, 1.165) is 18.1 Å². The van der Waals surface area contributed by atoms with E-state index in [4.69, 9.17) is 13.9 Å². The van der Waals surface area contributed by atoms with Gasteiger partial charge >= 0.3 is 6.09 Å². The summed E-state index contributed by atoms with van der Waals surface area (Å²) in [7, 11) is -2.22. The second-order valence-electron chi connectivity index (χ2n) is 15.2. The van der Waals surface area contributed by atoms with Crippen LogP contribution < -0.4 is 4.74 Å². The van der Waals surface area contributed by atoms with E-state index < -0.39 is 31.7 Å². The third-order valence-electron chi connectivity index (χ3n) is 9.31. The van der Waals surface area contributed by atoms with Gasteiger partial charge in [0.05, 0.1) is 36.4 Å². The largest absolute Gasteiger partial charge is 0.479 e. The van der Waals surface area contributed by atoms with Crippen LogP contribution in [-0.2, 0) is 9.16 Å². The number of amides is 1. The molecule has 1 fully saturated rings. The van der Waals surface area contributed by atoms with Gasteiger partial charge in [-0.2, -0.15) is 5.10 Å². The first kappa shape index (κ1) is 35.4. The van der Waals surface area contributed by atoms with Crippen molar-refractivity contribution < 1.29 is 27.5 Å². The van der Waals surface area contributed by atoms with E-state index in [1.54, 1.807) is 23.2 Å². The molecule has 260 valence electrons. The molecule has 0 saturated carbocycles. The van der Waals surface area contributed by atoms with Crippen molar-refractivity contribution in [3.8, 4) is 17.0 Å². The van der Waals surface area contributed by atoms with Crippen molar-refractivity contribution in [3.05, 3.63) is 59.8 Å². The van der Waals surface area contributed by atoms with Crippen LogP contribution in [0.25, 0.3) is 16.8 Å². The maximum Gasteiger partial charge on any atom is 0.410 e. The molecular weight excluding hydrogens is 637 g/mol. The SMILES string of the molecule is Cc1c(-c2cc(OC(CO[Si](C)(C)C(C)(C)C)c3ccc(F)cn3)c3c(F)cnn3c2)nnn1C1CCN(C(=O)OC(C)(C)C)CC1C. The van der Waals surface area contributed by atoms with Crippen molar-refractivity contribution in [1.29, 1.82) is 0 Å². The highest BCUT2D eigenvalue weighted by atomic mass is 28.4. The quantitative estimate of drug-likeness (QED) is 0.175. The minimum atomic E-state index is -2.22. The predicted molar refractivity (Wildman–Crippen MR) is 180 cm³/mol. The van der Waals surface area contributed by atoms with Crippen LogP contribution in [0.5, 0.6) is 5.75 Å². The number of halogens is 2. The molecule has 3 atom stereocenters. The van der Waals surface area contributed by atoms with Gasteiger partial charge in [0.25, 0.3) is 0 Å². The first-order valence-electron chi connectivity index (χ1n) is 16.3. The Morgan fingerprint density at radius 1 is 1.12 bits per heavy atom. The molecule has 5 heterocycles. The summed E-state index contributed by atoms with van der Waals surface area (Å²) in [5, 5.41) is 13.2. The fraction of sp³-hybridized carbons (Fsp3) is 0.559. The molecule has 0 spiro atoms. The Hall–Kier alpha value is -3.91. The summed E-state index contributed by atoms with van der Waals surface area (Å²) in [5.41, 5.74) is 2.06. The van der Waals surface area contributed by atoms with Crippen molar-refractivity contribution in [2.45, 2.75) is 97.7 Å². The van der Waals surface area contributed by atoms with Crippen LogP contribution in [0.2, 0.25) is 18.1 Å². The van der Waals surface area contributed by atoms with Crippen molar-refractivity contribution in [2.24, 2.45) is 5.92 Å². The molecule has 14 heteroatoms. The highest BCUT2D eigenvalue weighted by Crippen LogP contribution is 2.39. The number of carbonyl (C=O) groups is 1. The Kier molecular flexibility index (Phi) is 9.72. The molecule has 3 unspecified atom stereocenters. The van der Waals surface area contributed by atoms with E-state index in [0.29, 0.717) is 36.5 Å². The zero-order valence-electron chi connectivity index (χ0n) is 29.5. The van der Waals surface area contributed by atoms with Crippen LogP contribution in [0, 0.1) is 24.5 Å². The normalized spacial score (nSPS) is 18.3. The fourth-order valence-corrected chi connectivity index (χ4v) is 6.59. The number of nitrogens with zero attached hydrogens (tertiary/aromatic N) is 7. The zero-order valence-corrected chi connectivity index (χ0v) is 30.5. The van der Waals surface area contributed by atoms with Gasteiger partial charge in [0.2, 0.25) is 0 Å². The number of rotatable bonds is 8. The minimum absolute atomic E-state index is 0.00736. The van der Waals surface area contributed by atoms with Gasteiger partial charge in [-0.3, -0.25) is 4.98 Å². The average molecular weight is 684 g/mol. The number of pyridine rings is 2. The Bertz CT molecular complexity index is 1760. The summed E-state index contributed by atoms with van der Waals surface area (Å²) in [5.74, 6) is -0.729. The molecule has 0 N–H and O–H groups in total. The third kappa shape index (κ3) is 7.54. The first-order valence-corrected chi connectivity index (χ1v) is 19.2. The fourth-order valence-electron chi connectivity index (χ4n) is 5.59. The molecule has 48 heavy (non-hydrogen) atoms. The lowest BCUT2D eigenvalue weighted by molar-refractivity contribution is 0.0116. The van der Waals surface area contributed by atoms with Gasteiger partial charge in [-0.25, -0.2) is 22.8 Å². The summed E-state index contributed by atoms with van der Waals surface area (Å²) < 4.78 is 51.0. The minimum Gasteiger partial charge on any atom is -0.479 e. The monoisotopic (exact) mass is 683 g/mol. The van der Waals surface area contributed by atoms with Gasteiger partial charge in [0.1, 0.15) is 28.4 Å². The molecule has 4 aromatic rings. The number of carbonyl (C=O) groups excluding carboxylic acids is 1. The Labute approximate surface area is 281 Å². The molecule has 1 saturated heterocycles. The van der Waals surface area contributed by atoms with Crippen LogP contribution in [0.3, 0.4) is 0 Å². The van der Waals surface area contributed by atoms with Gasteiger partial charge in [-0.05, 0) is 76.4 Å². The smallest absolute Gasteiger partial charge is 0.410 e. The van der Waals surface area contributed by atoms with Crippen molar-refractivity contribution in [3.63, 3.8) is 0 Å². The lowest BCUT2D eigenvalue weighted by Crippen LogP contribution is -2.45. The molecule has 0 aromatic carbocycles. The standard InChI is InChI=1S/C34H47F2N7O4Si/c1-21-18-41(32(44)47-33(3,4)5)14-13-27(21)43-22(2)30(39-40-43)23-15-28(31-25(36)17-38-42(31)19-23)46-29(26-12-11-24(35)16-37-26)20-45-48(9,10)34(6,7)8/h11-12,15-17,19,21,27,29H,13-14,18,20H2,1-10H3. The lowest BCUT2D eigenvalue weighted by Gasteiger charge is -2.37. The highest BCUT2D eigenvalue weighted by molar-refractivity contribution is 6.74. The number of fused-ring (bicyclic) bond motifs is 1. The Morgan fingerprint density at radius 3 is 2.48 bits per heavy atom. The molecule has 11 nitrogen and oxygen atoms in total. The van der Waals surface area contributed by atoms with Crippen LogP contribution in [0.1, 0.15) is 78.4 Å². The van der Waals surface area contributed by atoms with E-state index in [9.17, 15) is 9.18 Å². The molecule has 5 rings (SSSR count). The topological polar surface area (TPSA) is 109 Å². The van der Waals surface area contributed by atoms with E-state index >= 15 is 4.39 Å². The number of likely N-dealkylation sites (tertiary alicyclic amines) is 1. The number of hydrogen-bond donors (Lipinski definition) is 0. The Morgan fingerprint density at radius 2 is 1.85 bits per heavy atom. The van der Waals surface area contributed by atoms with Crippen LogP contribution in [-0.4, -0.2) is 74.2 Å².